The summed E-state index contributed by atoms with van der Waals surface area (Å²) in [4.78, 5) is 12.7. The summed E-state index contributed by atoms with van der Waals surface area (Å²) in [6.07, 6.45) is 0. The van der Waals surface area contributed by atoms with Gasteiger partial charge < -0.3 is 0 Å². The van der Waals surface area contributed by atoms with Crippen LogP contribution >= 0.6 is 22.6 Å². The first kappa shape index (κ1) is 23.9. The van der Waals surface area contributed by atoms with Crippen molar-refractivity contribution in [3.63, 3.8) is 0 Å². The number of anilines is 1. The molecular weight excluding hydrogens is 544 g/mol. The fraction of sp³-hybridized carbons (Fsp3) is 0.130. The lowest BCUT2D eigenvalue weighted by atomic mass is 10.1. The molecule has 0 radical (unpaired) electrons. The number of amides is 1. The predicted molar refractivity (Wildman–Crippen MR) is 132 cm³/mol. The number of carbonyl (C=O) groups is 1. The van der Waals surface area contributed by atoms with Crippen molar-refractivity contribution in [2.24, 2.45) is 5.10 Å². The van der Waals surface area contributed by atoms with Crippen LogP contribution in [0.5, 0.6) is 0 Å². The van der Waals surface area contributed by atoms with Gasteiger partial charge in [-0.3, -0.25) is 9.10 Å². The van der Waals surface area contributed by atoms with Crippen molar-refractivity contribution in [2.45, 2.75) is 18.7 Å². The highest BCUT2D eigenvalue weighted by molar-refractivity contribution is 14.1. The van der Waals surface area contributed by atoms with E-state index in [2.05, 4.69) is 33.1 Å². The molecule has 0 aliphatic heterocycles. The van der Waals surface area contributed by atoms with E-state index in [0.717, 1.165) is 31.1 Å². The molecule has 0 saturated heterocycles. The van der Waals surface area contributed by atoms with E-state index in [1.807, 2.05) is 31.2 Å². The third-order valence-electron chi connectivity index (χ3n) is 4.60. The van der Waals surface area contributed by atoms with Crippen LogP contribution < -0.4 is 9.73 Å². The molecule has 6 nitrogen and oxygen atoms in total. The Kier molecular flexibility index (Phi) is 7.62. The van der Waals surface area contributed by atoms with Crippen LogP contribution in [0, 0.1) is 16.3 Å². The number of halogens is 2. The number of aryl methyl sites for hydroxylation is 1. The van der Waals surface area contributed by atoms with Gasteiger partial charge in [0, 0.05) is 3.57 Å². The quantitative estimate of drug-likeness (QED) is 0.261. The fourth-order valence-electron chi connectivity index (χ4n) is 2.85. The number of carbonyl (C=O) groups excluding carboxylic acids is 1. The normalized spacial score (nSPS) is 11.8. The van der Waals surface area contributed by atoms with Crippen molar-refractivity contribution in [3.05, 3.63) is 93.3 Å². The minimum Gasteiger partial charge on any atom is -0.271 e. The summed E-state index contributed by atoms with van der Waals surface area (Å²) in [5, 5.41) is 4.09. The Hall–Kier alpha value is -2.79. The molecule has 3 aromatic rings. The van der Waals surface area contributed by atoms with Gasteiger partial charge >= 0.3 is 0 Å². The van der Waals surface area contributed by atoms with Gasteiger partial charge in [-0.15, -0.1) is 0 Å². The standard InChI is InChI=1S/C23H21FIN3O3S/c1-16-6-12-22(13-7-16)32(30,31)28(21-10-8-19(24)9-11-21)15-23(29)27-26-17(2)18-4-3-5-20(25)14-18/h3-14H,15H2,1-2H3,(H,27,29)/b26-17-. The van der Waals surface area contributed by atoms with Crippen LogP contribution in [-0.2, 0) is 14.8 Å². The molecule has 0 spiro atoms. The van der Waals surface area contributed by atoms with Crippen LogP contribution in [0.1, 0.15) is 18.1 Å². The van der Waals surface area contributed by atoms with E-state index in [0.29, 0.717) is 5.71 Å². The number of hydrogen-bond donors (Lipinski definition) is 1. The van der Waals surface area contributed by atoms with E-state index < -0.39 is 28.3 Å². The summed E-state index contributed by atoms with van der Waals surface area (Å²) < 4.78 is 41.9. The summed E-state index contributed by atoms with van der Waals surface area (Å²) in [5.74, 6) is -1.14. The highest BCUT2D eigenvalue weighted by atomic mass is 127. The van der Waals surface area contributed by atoms with Gasteiger partial charge in [0.2, 0.25) is 0 Å². The summed E-state index contributed by atoms with van der Waals surface area (Å²) in [6.45, 7) is 3.06. The topological polar surface area (TPSA) is 78.8 Å². The second-order valence-corrected chi connectivity index (χ2v) is 10.2. The van der Waals surface area contributed by atoms with Crippen LogP contribution in [0.15, 0.2) is 82.8 Å². The molecule has 1 amide bonds. The Balaban J connectivity index is 1.87. The zero-order valence-corrected chi connectivity index (χ0v) is 20.4. The van der Waals surface area contributed by atoms with Gasteiger partial charge in [-0.1, -0.05) is 29.8 Å². The number of nitrogens with one attached hydrogen (secondary N) is 1. The first-order chi connectivity index (χ1) is 15.2. The zero-order valence-electron chi connectivity index (χ0n) is 17.4. The SMILES string of the molecule is C/C(=N/NC(=O)CN(c1ccc(F)cc1)S(=O)(=O)c1ccc(C)cc1)c1cccc(I)c1. The lowest BCUT2D eigenvalue weighted by molar-refractivity contribution is -0.119. The average Bonchev–Trinajstić information content (AvgIpc) is 2.77. The van der Waals surface area contributed by atoms with Crippen LogP contribution in [0.4, 0.5) is 10.1 Å². The van der Waals surface area contributed by atoms with Gasteiger partial charge in [0.15, 0.2) is 0 Å². The Labute approximate surface area is 200 Å². The van der Waals surface area contributed by atoms with Crippen LogP contribution in [0.2, 0.25) is 0 Å². The molecule has 0 bridgehead atoms. The highest BCUT2D eigenvalue weighted by Gasteiger charge is 2.27. The van der Waals surface area contributed by atoms with Crippen LogP contribution in [0.3, 0.4) is 0 Å². The molecule has 3 rings (SSSR count). The monoisotopic (exact) mass is 565 g/mol. The molecule has 0 fully saturated rings. The second-order valence-electron chi connectivity index (χ2n) is 7.04. The number of hydrazone groups is 1. The summed E-state index contributed by atoms with van der Waals surface area (Å²) in [6, 6.07) is 18.8. The molecule has 3 aromatic carbocycles. The molecule has 32 heavy (non-hydrogen) atoms. The third kappa shape index (κ3) is 5.92. The maximum absolute atomic E-state index is 13.4. The first-order valence-corrected chi connectivity index (χ1v) is 12.1. The van der Waals surface area contributed by atoms with E-state index in [-0.39, 0.29) is 10.6 Å². The van der Waals surface area contributed by atoms with E-state index in [9.17, 15) is 17.6 Å². The molecule has 0 aliphatic rings. The number of nitrogens with zero attached hydrogens (tertiary/aromatic N) is 2. The lowest BCUT2D eigenvalue weighted by Gasteiger charge is -2.23. The van der Waals surface area contributed by atoms with E-state index in [4.69, 9.17) is 0 Å². The molecule has 0 heterocycles. The molecule has 166 valence electrons. The smallest absolute Gasteiger partial charge is 0.264 e. The van der Waals surface area contributed by atoms with Gasteiger partial charge in [-0.25, -0.2) is 18.2 Å². The van der Waals surface area contributed by atoms with Crippen LogP contribution in [0.25, 0.3) is 0 Å². The van der Waals surface area contributed by atoms with Gasteiger partial charge in [-0.2, -0.15) is 5.10 Å². The summed E-state index contributed by atoms with van der Waals surface area (Å²) in [7, 11) is -4.07. The van der Waals surface area contributed by atoms with Crippen LogP contribution in [-0.4, -0.2) is 26.6 Å². The maximum atomic E-state index is 13.4. The largest absolute Gasteiger partial charge is 0.271 e. The van der Waals surface area contributed by atoms with Crippen molar-refractivity contribution < 1.29 is 17.6 Å². The van der Waals surface area contributed by atoms with Crippen molar-refractivity contribution in [1.29, 1.82) is 0 Å². The van der Waals surface area contributed by atoms with Crippen molar-refractivity contribution in [1.82, 2.24) is 5.43 Å². The first-order valence-electron chi connectivity index (χ1n) is 9.61. The Morgan fingerprint density at radius 1 is 1.06 bits per heavy atom. The Morgan fingerprint density at radius 2 is 1.72 bits per heavy atom. The van der Waals surface area contributed by atoms with E-state index in [1.54, 1.807) is 19.1 Å². The fourth-order valence-corrected chi connectivity index (χ4v) is 4.81. The minimum absolute atomic E-state index is 0.0266. The molecule has 0 saturated carbocycles. The van der Waals surface area contributed by atoms with Crippen molar-refractivity contribution in [3.8, 4) is 0 Å². The second kappa shape index (κ2) is 10.2. The van der Waals surface area contributed by atoms with Crippen molar-refractivity contribution in [2.75, 3.05) is 10.8 Å². The lowest BCUT2D eigenvalue weighted by Crippen LogP contribution is -2.39. The molecule has 1 N–H and O–H groups in total. The molecular formula is C23H21FIN3O3S. The summed E-state index contributed by atoms with van der Waals surface area (Å²) >= 11 is 2.18. The molecule has 9 heteroatoms. The molecule has 0 aromatic heterocycles. The predicted octanol–water partition coefficient (Wildman–Crippen LogP) is 4.47. The van der Waals surface area contributed by atoms with Gasteiger partial charge in [0.25, 0.3) is 15.9 Å². The minimum atomic E-state index is -4.07. The molecule has 0 atom stereocenters. The highest BCUT2D eigenvalue weighted by Crippen LogP contribution is 2.24. The number of sulfonamides is 1. The average molecular weight is 565 g/mol. The molecule has 0 aliphatic carbocycles. The van der Waals surface area contributed by atoms with E-state index in [1.165, 1.54) is 24.3 Å². The van der Waals surface area contributed by atoms with Gasteiger partial charge in [0.1, 0.15) is 12.4 Å². The number of rotatable bonds is 7. The molecule has 0 unspecified atom stereocenters. The van der Waals surface area contributed by atoms with Crippen molar-refractivity contribution >= 4 is 49.9 Å². The van der Waals surface area contributed by atoms with Gasteiger partial charge in [-0.05, 0) is 90.5 Å². The third-order valence-corrected chi connectivity index (χ3v) is 7.06. The van der Waals surface area contributed by atoms with E-state index >= 15 is 0 Å². The van der Waals surface area contributed by atoms with Gasteiger partial charge in [0.05, 0.1) is 16.3 Å². The Morgan fingerprint density at radius 3 is 2.34 bits per heavy atom. The Bertz CT molecular complexity index is 1240. The zero-order chi connectivity index (χ0) is 23.3. The summed E-state index contributed by atoms with van der Waals surface area (Å²) in [5.41, 5.74) is 4.89. The number of benzene rings is 3. The maximum Gasteiger partial charge on any atom is 0.264 e. The number of hydrogen-bond acceptors (Lipinski definition) is 4.